The fourth-order valence-electron chi connectivity index (χ4n) is 4.54. The fraction of sp³-hybridized carbons (Fsp3) is 0.700. The summed E-state index contributed by atoms with van der Waals surface area (Å²) in [6.45, 7) is 2.92. The maximum atomic E-state index is 13.0. The van der Waals surface area contributed by atoms with Gasteiger partial charge in [0.05, 0.1) is 0 Å². The Morgan fingerprint density at radius 3 is 2.64 bits per heavy atom. The minimum atomic E-state index is -2.72. The quantitative estimate of drug-likeness (QED) is 0.637. The maximum absolute atomic E-state index is 13.0. The molecule has 2 aliphatic carbocycles. The molecule has 1 aliphatic heterocycles. The SMILES string of the molecule is CC1=CC/C(=C/C(=N)CCC(C)(F)F)NC(C2C3CCCC2CC3)=N1. The minimum absolute atomic E-state index is 0.0958. The molecule has 0 radical (unpaired) electrons. The Kier molecular flexibility index (Phi) is 5.40. The predicted octanol–water partition coefficient (Wildman–Crippen LogP) is 5.45. The summed E-state index contributed by atoms with van der Waals surface area (Å²) in [6, 6.07) is 0. The molecule has 5 heteroatoms. The average molecular weight is 349 g/mol. The zero-order valence-corrected chi connectivity index (χ0v) is 15.2. The van der Waals surface area contributed by atoms with Crippen molar-refractivity contribution in [2.45, 2.75) is 71.1 Å². The summed E-state index contributed by atoms with van der Waals surface area (Å²) < 4.78 is 26.0. The molecule has 0 aromatic heterocycles. The number of hydrogen-bond acceptors (Lipinski definition) is 3. The van der Waals surface area contributed by atoms with Gasteiger partial charge in [-0.3, -0.25) is 0 Å². The van der Waals surface area contributed by atoms with E-state index in [1.807, 2.05) is 6.92 Å². The van der Waals surface area contributed by atoms with Crippen LogP contribution in [-0.2, 0) is 0 Å². The van der Waals surface area contributed by atoms with E-state index in [-0.39, 0.29) is 18.6 Å². The molecule has 2 fully saturated rings. The van der Waals surface area contributed by atoms with Gasteiger partial charge >= 0.3 is 0 Å². The molecule has 0 aromatic rings. The van der Waals surface area contributed by atoms with Gasteiger partial charge in [0.2, 0.25) is 5.92 Å². The molecule has 0 amide bonds. The number of nitrogens with zero attached hydrogens (tertiary/aromatic N) is 1. The Hall–Kier alpha value is -1.52. The molecule has 3 nitrogen and oxygen atoms in total. The lowest BCUT2D eigenvalue weighted by atomic mass is 9.77. The van der Waals surface area contributed by atoms with E-state index in [9.17, 15) is 8.78 Å². The van der Waals surface area contributed by atoms with Crippen molar-refractivity contribution in [2.75, 3.05) is 0 Å². The van der Waals surface area contributed by atoms with Crippen molar-refractivity contribution in [3.63, 3.8) is 0 Å². The first-order valence-electron chi connectivity index (χ1n) is 9.50. The molecule has 2 bridgehead atoms. The lowest BCUT2D eigenvalue weighted by Gasteiger charge is -2.31. The van der Waals surface area contributed by atoms with E-state index in [2.05, 4.69) is 11.4 Å². The molecule has 2 unspecified atom stereocenters. The molecule has 3 rings (SSSR count). The summed E-state index contributed by atoms with van der Waals surface area (Å²) in [6.07, 6.45) is 10.7. The van der Waals surface area contributed by atoms with Gasteiger partial charge in [0.15, 0.2) is 0 Å². The van der Waals surface area contributed by atoms with Gasteiger partial charge in [0.25, 0.3) is 0 Å². The second-order valence-electron chi connectivity index (χ2n) is 7.99. The molecule has 2 N–H and O–H groups in total. The van der Waals surface area contributed by atoms with Crippen LogP contribution < -0.4 is 5.32 Å². The highest BCUT2D eigenvalue weighted by Crippen LogP contribution is 2.47. The summed E-state index contributed by atoms with van der Waals surface area (Å²) in [5, 5.41) is 11.5. The minimum Gasteiger partial charge on any atom is -0.347 e. The number of amidine groups is 1. The lowest BCUT2D eigenvalue weighted by Crippen LogP contribution is -2.37. The van der Waals surface area contributed by atoms with Gasteiger partial charge in [-0.05, 0) is 63.9 Å². The number of nitrogens with one attached hydrogen (secondary N) is 2. The number of halogens is 2. The highest BCUT2D eigenvalue weighted by molar-refractivity contribution is 5.95. The lowest BCUT2D eigenvalue weighted by molar-refractivity contribution is 0.0151. The maximum Gasteiger partial charge on any atom is 0.245 e. The highest BCUT2D eigenvalue weighted by Gasteiger charge is 2.42. The topological polar surface area (TPSA) is 48.2 Å². The molecule has 0 spiro atoms. The van der Waals surface area contributed by atoms with Crippen LogP contribution in [0.3, 0.4) is 0 Å². The van der Waals surface area contributed by atoms with Crippen LogP contribution in [-0.4, -0.2) is 17.5 Å². The van der Waals surface area contributed by atoms with Crippen molar-refractivity contribution in [1.82, 2.24) is 5.32 Å². The molecule has 138 valence electrons. The van der Waals surface area contributed by atoms with Crippen LogP contribution in [0.5, 0.6) is 0 Å². The summed E-state index contributed by atoms with van der Waals surface area (Å²) in [7, 11) is 0. The first-order chi connectivity index (χ1) is 11.8. The van der Waals surface area contributed by atoms with Crippen molar-refractivity contribution < 1.29 is 8.78 Å². The van der Waals surface area contributed by atoms with Gasteiger partial charge in [-0.2, -0.15) is 0 Å². The average Bonchev–Trinajstić information content (AvgIpc) is 2.70. The third-order valence-electron chi connectivity index (χ3n) is 5.77. The zero-order valence-electron chi connectivity index (χ0n) is 15.2. The molecule has 3 aliphatic rings. The van der Waals surface area contributed by atoms with Crippen LogP contribution in [0, 0.1) is 23.2 Å². The monoisotopic (exact) mass is 349 g/mol. The second-order valence-corrected chi connectivity index (χ2v) is 7.99. The number of rotatable bonds is 5. The van der Waals surface area contributed by atoms with Crippen LogP contribution >= 0.6 is 0 Å². The molecular weight excluding hydrogens is 320 g/mol. The van der Waals surface area contributed by atoms with E-state index < -0.39 is 5.92 Å². The third kappa shape index (κ3) is 4.77. The summed E-state index contributed by atoms with van der Waals surface area (Å²) in [4.78, 5) is 4.82. The molecule has 2 atom stereocenters. The Labute approximate surface area is 149 Å². The number of fused-ring (bicyclic) bond motifs is 2. The van der Waals surface area contributed by atoms with Gasteiger partial charge in [-0.15, -0.1) is 0 Å². The molecule has 25 heavy (non-hydrogen) atoms. The summed E-state index contributed by atoms with van der Waals surface area (Å²) >= 11 is 0. The predicted molar refractivity (Wildman–Crippen MR) is 98.2 cm³/mol. The van der Waals surface area contributed by atoms with Gasteiger partial charge in [0.1, 0.15) is 5.84 Å². The first-order valence-corrected chi connectivity index (χ1v) is 9.50. The van der Waals surface area contributed by atoms with Crippen molar-refractivity contribution in [3.05, 3.63) is 23.5 Å². The fourth-order valence-corrected chi connectivity index (χ4v) is 4.54. The summed E-state index contributed by atoms with van der Waals surface area (Å²) in [5.41, 5.74) is 2.16. The van der Waals surface area contributed by atoms with Crippen molar-refractivity contribution in [1.29, 1.82) is 5.41 Å². The van der Waals surface area contributed by atoms with E-state index in [4.69, 9.17) is 10.4 Å². The van der Waals surface area contributed by atoms with E-state index in [1.165, 1.54) is 32.1 Å². The van der Waals surface area contributed by atoms with Gasteiger partial charge in [-0.25, -0.2) is 13.8 Å². The zero-order chi connectivity index (χ0) is 18.0. The van der Waals surface area contributed by atoms with E-state index in [0.717, 1.165) is 36.0 Å². The first kappa shape index (κ1) is 18.3. The normalized spacial score (nSPS) is 31.2. The van der Waals surface area contributed by atoms with Crippen LogP contribution in [0.15, 0.2) is 28.5 Å². The molecule has 0 saturated heterocycles. The van der Waals surface area contributed by atoms with Crippen LogP contribution in [0.2, 0.25) is 0 Å². The van der Waals surface area contributed by atoms with Crippen molar-refractivity contribution in [2.24, 2.45) is 22.7 Å². The smallest absolute Gasteiger partial charge is 0.245 e. The van der Waals surface area contributed by atoms with E-state index in [1.54, 1.807) is 6.08 Å². The molecule has 1 heterocycles. The van der Waals surface area contributed by atoms with Crippen LogP contribution in [0.1, 0.15) is 65.2 Å². The van der Waals surface area contributed by atoms with Gasteiger partial charge in [0, 0.05) is 35.9 Å². The van der Waals surface area contributed by atoms with Gasteiger partial charge in [-0.1, -0.05) is 12.5 Å². The number of hydrogen-bond donors (Lipinski definition) is 2. The highest BCUT2D eigenvalue weighted by atomic mass is 19.3. The number of aliphatic imine (C=N–C) groups is 1. The number of alkyl halides is 2. The summed E-state index contributed by atoms with van der Waals surface area (Å²) in [5.74, 6) is 0.253. The Morgan fingerprint density at radius 2 is 2.00 bits per heavy atom. The number of allylic oxidation sites excluding steroid dienone is 3. The van der Waals surface area contributed by atoms with E-state index in [0.29, 0.717) is 12.3 Å². The van der Waals surface area contributed by atoms with Crippen molar-refractivity contribution in [3.8, 4) is 0 Å². The second kappa shape index (κ2) is 7.38. The third-order valence-corrected chi connectivity index (χ3v) is 5.77. The van der Waals surface area contributed by atoms with Crippen molar-refractivity contribution >= 4 is 11.5 Å². The largest absolute Gasteiger partial charge is 0.347 e. The van der Waals surface area contributed by atoms with Crippen LogP contribution in [0.25, 0.3) is 0 Å². The van der Waals surface area contributed by atoms with Crippen LogP contribution in [0.4, 0.5) is 8.78 Å². The standard InChI is InChI=1S/C20H29F2N3/c1-13-6-9-17(12-16(23)10-11-20(2,21)22)25-19(24-13)18-14-4-3-5-15(18)8-7-14/h6,12,14-15,18,23H,3-5,7-11H2,1-2H3,(H,24,25)/b17-12-,23-16?. The Balaban J connectivity index is 1.72. The molecular formula is C20H29F2N3. The Bertz CT molecular complexity index is 597. The Morgan fingerprint density at radius 1 is 1.32 bits per heavy atom. The van der Waals surface area contributed by atoms with Gasteiger partial charge < -0.3 is 10.7 Å². The van der Waals surface area contributed by atoms with E-state index >= 15 is 0 Å². The molecule has 2 saturated carbocycles. The molecule has 0 aromatic carbocycles.